The molecule has 172 valence electrons. The molecule has 1 aliphatic rings. The van der Waals surface area contributed by atoms with Gasteiger partial charge in [0.15, 0.2) is 16.6 Å². The molecule has 1 fully saturated rings. The first-order chi connectivity index (χ1) is 15.8. The van der Waals surface area contributed by atoms with Crippen LogP contribution in [0.1, 0.15) is 6.42 Å². The highest BCUT2D eigenvalue weighted by Gasteiger charge is 2.36. The first-order valence-corrected chi connectivity index (χ1v) is 10.6. The van der Waals surface area contributed by atoms with Crippen molar-refractivity contribution in [2.75, 3.05) is 38.1 Å². The number of methoxy groups -OCH3 is 3. The number of nitro benzene ring substituents is 1. The summed E-state index contributed by atoms with van der Waals surface area (Å²) in [6, 6.07) is 7.61. The molecule has 0 radical (unpaired) electrons. The van der Waals surface area contributed by atoms with Crippen molar-refractivity contribution >= 4 is 49.9 Å². The van der Waals surface area contributed by atoms with Gasteiger partial charge < -0.3 is 24.4 Å². The average Bonchev–Trinajstić information content (AvgIpc) is 3.39. The second-order valence-corrected chi connectivity index (χ2v) is 8.24. The molecule has 0 unspecified atom stereocenters. The maximum absolute atomic E-state index is 12.8. The van der Waals surface area contributed by atoms with E-state index in [1.807, 2.05) is 0 Å². The second-order valence-electron chi connectivity index (χ2n) is 7.21. The topological polar surface area (TPSA) is 133 Å². The summed E-state index contributed by atoms with van der Waals surface area (Å²) in [4.78, 5) is 41.8. The van der Waals surface area contributed by atoms with Crippen LogP contribution in [0, 0.1) is 16.0 Å². The standard InChI is InChI=1S/C21H20N4O7S/c1-30-15-7-13(8-16(31-2)19(15)32-3)24-10-11(6-18(24)26)20(27)23-21-22-14-5-4-12(25(28)29)9-17(14)33-21/h4-5,7-9,11H,6,10H2,1-3H3,(H,22,23,27)/t11-/m1/s1. The summed E-state index contributed by atoms with van der Waals surface area (Å²) in [5.74, 6) is 0.0298. The molecule has 0 spiro atoms. The molecule has 4 rings (SSSR count). The Hall–Kier alpha value is -3.93. The lowest BCUT2D eigenvalue weighted by Gasteiger charge is -2.20. The summed E-state index contributed by atoms with van der Waals surface area (Å²) in [5, 5.41) is 14.0. The molecule has 0 aliphatic carbocycles. The Balaban J connectivity index is 1.52. The highest BCUT2D eigenvalue weighted by atomic mass is 32.1. The Labute approximate surface area is 192 Å². The predicted molar refractivity (Wildman–Crippen MR) is 121 cm³/mol. The number of carbonyl (C=O) groups is 2. The molecule has 11 nitrogen and oxygen atoms in total. The fraction of sp³-hybridized carbons (Fsp3) is 0.286. The summed E-state index contributed by atoms with van der Waals surface area (Å²) < 4.78 is 16.6. The minimum absolute atomic E-state index is 0.0266. The highest BCUT2D eigenvalue weighted by molar-refractivity contribution is 7.22. The van der Waals surface area contributed by atoms with Crippen molar-refractivity contribution in [1.29, 1.82) is 0 Å². The van der Waals surface area contributed by atoms with Crippen LogP contribution in [0.25, 0.3) is 10.2 Å². The van der Waals surface area contributed by atoms with Crippen molar-refractivity contribution in [3.63, 3.8) is 0 Å². The Kier molecular flexibility index (Phi) is 6.01. The van der Waals surface area contributed by atoms with E-state index >= 15 is 0 Å². The van der Waals surface area contributed by atoms with Crippen LogP contribution in [0.4, 0.5) is 16.5 Å². The van der Waals surface area contributed by atoms with Crippen molar-refractivity contribution in [3.8, 4) is 17.2 Å². The van der Waals surface area contributed by atoms with Crippen LogP contribution in [0.2, 0.25) is 0 Å². The summed E-state index contributed by atoms with van der Waals surface area (Å²) in [5.41, 5.74) is 1.02. The van der Waals surface area contributed by atoms with Gasteiger partial charge in [-0.25, -0.2) is 4.98 Å². The van der Waals surface area contributed by atoms with Gasteiger partial charge in [-0.3, -0.25) is 19.7 Å². The van der Waals surface area contributed by atoms with Crippen LogP contribution >= 0.6 is 11.3 Å². The number of fused-ring (bicyclic) bond motifs is 1. The lowest BCUT2D eigenvalue weighted by atomic mass is 10.1. The smallest absolute Gasteiger partial charge is 0.270 e. The van der Waals surface area contributed by atoms with Gasteiger partial charge in [-0.1, -0.05) is 11.3 Å². The van der Waals surface area contributed by atoms with Crippen molar-refractivity contribution in [1.82, 2.24) is 4.98 Å². The van der Waals surface area contributed by atoms with Crippen LogP contribution in [0.5, 0.6) is 17.2 Å². The lowest BCUT2D eigenvalue weighted by Crippen LogP contribution is -2.28. The quantitative estimate of drug-likeness (QED) is 0.409. The summed E-state index contributed by atoms with van der Waals surface area (Å²) in [7, 11) is 4.45. The van der Waals surface area contributed by atoms with Gasteiger partial charge >= 0.3 is 0 Å². The molecule has 1 aliphatic heterocycles. The van der Waals surface area contributed by atoms with Gasteiger partial charge in [-0.15, -0.1) is 0 Å². The molecule has 33 heavy (non-hydrogen) atoms. The summed E-state index contributed by atoms with van der Waals surface area (Å²) >= 11 is 1.13. The van der Waals surface area contributed by atoms with Crippen molar-refractivity contribution in [3.05, 3.63) is 40.4 Å². The highest BCUT2D eigenvalue weighted by Crippen LogP contribution is 2.42. The van der Waals surface area contributed by atoms with Gasteiger partial charge in [0.2, 0.25) is 17.6 Å². The molecule has 2 amide bonds. The van der Waals surface area contributed by atoms with Crippen LogP contribution in [-0.2, 0) is 9.59 Å². The third-order valence-corrected chi connectivity index (χ3v) is 6.20. The number of carbonyl (C=O) groups excluding carboxylic acids is 2. The molecule has 1 saturated heterocycles. The number of nitro groups is 1. The van der Waals surface area contributed by atoms with Gasteiger partial charge in [-0.05, 0) is 6.07 Å². The number of nitrogens with one attached hydrogen (secondary N) is 1. The first kappa shape index (κ1) is 22.3. The monoisotopic (exact) mass is 472 g/mol. The minimum atomic E-state index is -0.599. The van der Waals surface area contributed by atoms with Gasteiger partial charge in [0.05, 0.1) is 48.1 Å². The molecular weight excluding hydrogens is 452 g/mol. The zero-order chi connectivity index (χ0) is 23.7. The van der Waals surface area contributed by atoms with E-state index in [9.17, 15) is 19.7 Å². The third kappa shape index (κ3) is 4.24. The minimum Gasteiger partial charge on any atom is -0.493 e. The van der Waals surface area contributed by atoms with Crippen molar-refractivity contribution < 1.29 is 28.7 Å². The Morgan fingerprint density at radius 3 is 2.48 bits per heavy atom. The van der Waals surface area contributed by atoms with Crippen LogP contribution in [0.15, 0.2) is 30.3 Å². The second kappa shape index (κ2) is 8.90. The first-order valence-electron chi connectivity index (χ1n) is 9.80. The van der Waals surface area contributed by atoms with E-state index in [4.69, 9.17) is 14.2 Å². The normalized spacial score (nSPS) is 15.5. The average molecular weight is 472 g/mol. The largest absolute Gasteiger partial charge is 0.493 e. The molecule has 1 aromatic heterocycles. The number of non-ortho nitro benzene ring substituents is 1. The summed E-state index contributed by atoms with van der Waals surface area (Å²) in [6.07, 6.45) is 0.0266. The van der Waals surface area contributed by atoms with E-state index in [0.29, 0.717) is 38.3 Å². The Morgan fingerprint density at radius 2 is 1.88 bits per heavy atom. The molecule has 0 bridgehead atoms. The van der Waals surface area contributed by atoms with Gasteiger partial charge in [-0.2, -0.15) is 0 Å². The number of nitrogens with zero attached hydrogens (tertiary/aromatic N) is 3. The van der Waals surface area contributed by atoms with E-state index < -0.39 is 10.8 Å². The molecular formula is C21H20N4O7S. The van der Waals surface area contributed by atoms with Crippen LogP contribution < -0.4 is 24.4 Å². The lowest BCUT2D eigenvalue weighted by molar-refractivity contribution is -0.384. The van der Waals surface area contributed by atoms with Crippen LogP contribution in [0.3, 0.4) is 0 Å². The van der Waals surface area contributed by atoms with E-state index in [-0.39, 0.29) is 30.5 Å². The number of hydrogen-bond acceptors (Lipinski definition) is 9. The molecule has 3 aromatic rings. The zero-order valence-corrected chi connectivity index (χ0v) is 18.8. The number of amides is 2. The number of hydrogen-bond donors (Lipinski definition) is 1. The molecule has 2 aromatic carbocycles. The van der Waals surface area contributed by atoms with Gasteiger partial charge in [0.25, 0.3) is 5.69 Å². The number of ether oxygens (including phenoxy) is 3. The summed E-state index contributed by atoms with van der Waals surface area (Å²) in [6.45, 7) is 0.166. The van der Waals surface area contributed by atoms with E-state index in [1.165, 1.54) is 44.4 Å². The molecule has 12 heteroatoms. The Bertz CT molecular complexity index is 1230. The van der Waals surface area contributed by atoms with E-state index in [1.54, 1.807) is 12.1 Å². The number of aromatic nitrogens is 1. The van der Waals surface area contributed by atoms with Crippen LogP contribution in [-0.4, -0.2) is 49.6 Å². The fourth-order valence-corrected chi connectivity index (χ4v) is 4.55. The number of benzene rings is 2. The molecule has 0 saturated carbocycles. The third-order valence-electron chi connectivity index (χ3n) is 5.27. The van der Waals surface area contributed by atoms with E-state index in [2.05, 4.69) is 10.3 Å². The number of anilines is 2. The molecule has 1 atom stereocenters. The maximum atomic E-state index is 12.8. The predicted octanol–water partition coefficient (Wildman–Crippen LogP) is 3.22. The SMILES string of the molecule is COc1cc(N2C[C@H](C(=O)Nc3nc4ccc([N+](=O)[O-])cc4s3)CC2=O)cc(OC)c1OC. The maximum Gasteiger partial charge on any atom is 0.270 e. The number of rotatable bonds is 7. The van der Waals surface area contributed by atoms with Crippen molar-refractivity contribution in [2.24, 2.45) is 5.92 Å². The molecule has 2 heterocycles. The fourth-order valence-electron chi connectivity index (χ4n) is 3.64. The number of thiazole rings is 1. The van der Waals surface area contributed by atoms with Crippen molar-refractivity contribution in [2.45, 2.75) is 6.42 Å². The van der Waals surface area contributed by atoms with Gasteiger partial charge in [0, 0.05) is 37.2 Å². The van der Waals surface area contributed by atoms with Gasteiger partial charge in [0.1, 0.15) is 0 Å². The molecule has 1 N–H and O–H groups in total. The van der Waals surface area contributed by atoms with E-state index in [0.717, 1.165) is 11.3 Å². The zero-order valence-electron chi connectivity index (χ0n) is 18.0. The Morgan fingerprint density at radius 1 is 1.18 bits per heavy atom.